The van der Waals surface area contributed by atoms with Crippen molar-refractivity contribution >= 4 is 11.9 Å². The summed E-state index contributed by atoms with van der Waals surface area (Å²) in [4.78, 5) is 23.9. The molecule has 4 nitrogen and oxygen atoms in total. The Labute approximate surface area is 256 Å². The fourth-order valence-corrected chi connectivity index (χ4v) is 5.66. The second-order valence-electron chi connectivity index (χ2n) is 12.9. The first kappa shape index (κ1) is 39.9. The third-order valence-electron chi connectivity index (χ3n) is 8.64. The van der Waals surface area contributed by atoms with Crippen molar-refractivity contribution in [3.8, 4) is 0 Å². The highest BCUT2D eigenvalue weighted by Gasteiger charge is 2.15. The molecule has 0 saturated carbocycles. The summed E-state index contributed by atoms with van der Waals surface area (Å²) in [5, 5.41) is 0. The second-order valence-corrected chi connectivity index (χ2v) is 12.9. The molecule has 0 aliphatic heterocycles. The van der Waals surface area contributed by atoms with Gasteiger partial charge in [-0.2, -0.15) is 0 Å². The molecule has 0 saturated heterocycles. The zero-order valence-corrected chi connectivity index (χ0v) is 28.3. The van der Waals surface area contributed by atoms with E-state index in [1.165, 1.54) is 128 Å². The largest absolute Gasteiger partial charge is 0.466 e. The first-order valence-electron chi connectivity index (χ1n) is 18.3. The predicted molar refractivity (Wildman–Crippen MR) is 176 cm³/mol. The van der Waals surface area contributed by atoms with Crippen molar-refractivity contribution in [3.05, 3.63) is 0 Å². The van der Waals surface area contributed by atoms with E-state index in [1.807, 2.05) is 0 Å². The van der Waals surface area contributed by atoms with Gasteiger partial charge >= 0.3 is 11.9 Å². The highest BCUT2D eigenvalue weighted by molar-refractivity contribution is 5.69. The van der Waals surface area contributed by atoms with E-state index in [4.69, 9.17) is 9.47 Å². The van der Waals surface area contributed by atoms with Gasteiger partial charge in [-0.1, -0.05) is 163 Å². The maximum absolute atomic E-state index is 12.1. The fraction of sp³-hybridized carbons (Fsp3) is 0.946. The summed E-state index contributed by atoms with van der Waals surface area (Å²) in [6.07, 6.45) is 32.3. The molecule has 0 aromatic rings. The third-order valence-corrected chi connectivity index (χ3v) is 8.64. The standard InChI is InChI=1S/C37H72O4/c1-5-7-9-22-26-32-40-36(38)29-25-21-19-17-15-13-11-12-14-16-18-20-24-28-35(34(3)4)30-31-37(39)41-33-27-23-10-8-6-2/h34-35H,5-33H2,1-4H3. The molecule has 0 rings (SSSR count). The lowest BCUT2D eigenvalue weighted by Gasteiger charge is -2.20. The molecule has 0 bridgehead atoms. The number of unbranched alkanes of at least 4 members (excludes halogenated alkanes) is 20. The Balaban J connectivity index is 3.47. The molecule has 0 aromatic heterocycles. The Morgan fingerprint density at radius 2 is 0.805 bits per heavy atom. The van der Waals surface area contributed by atoms with Gasteiger partial charge in [0.1, 0.15) is 0 Å². The average molecular weight is 581 g/mol. The Kier molecular flexibility index (Phi) is 31.0. The number of hydrogen-bond acceptors (Lipinski definition) is 4. The zero-order valence-electron chi connectivity index (χ0n) is 28.3. The van der Waals surface area contributed by atoms with Gasteiger partial charge in [0.05, 0.1) is 13.2 Å². The number of hydrogen-bond donors (Lipinski definition) is 0. The zero-order chi connectivity index (χ0) is 30.2. The van der Waals surface area contributed by atoms with Crippen LogP contribution in [0.1, 0.15) is 201 Å². The summed E-state index contributed by atoms with van der Waals surface area (Å²) in [6, 6.07) is 0. The molecule has 0 N–H and O–H groups in total. The molecular formula is C37H72O4. The van der Waals surface area contributed by atoms with Gasteiger partial charge in [0.15, 0.2) is 0 Å². The minimum atomic E-state index is 0.000839. The SMILES string of the molecule is CCCCCCCOC(=O)CCCCCCCCCCCCCCCC(CCC(=O)OCCCCCCC)C(C)C. The maximum atomic E-state index is 12.1. The van der Waals surface area contributed by atoms with E-state index < -0.39 is 0 Å². The summed E-state index contributed by atoms with van der Waals surface area (Å²) in [7, 11) is 0. The average Bonchev–Trinajstić information content (AvgIpc) is 2.95. The molecule has 0 aliphatic rings. The Bertz CT molecular complexity index is 559. The Morgan fingerprint density at radius 3 is 1.24 bits per heavy atom. The second kappa shape index (κ2) is 31.9. The molecule has 0 amide bonds. The summed E-state index contributed by atoms with van der Waals surface area (Å²) in [6.45, 7) is 10.3. The van der Waals surface area contributed by atoms with E-state index in [9.17, 15) is 9.59 Å². The van der Waals surface area contributed by atoms with Gasteiger partial charge in [0.25, 0.3) is 0 Å². The van der Waals surface area contributed by atoms with Crippen LogP contribution in [0.2, 0.25) is 0 Å². The molecule has 1 atom stereocenters. The van der Waals surface area contributed by atoms with Crippen LogP contribution < -0.4 is 0 Å². The molecule has 0 heterocycles. The van der Waals surface area contributed by atoms with Crippen LogP contribution in [0.15, 0.2) is 0 Å². The van der Waals surface area contributed by atoms with Gasteiger partial charge in [-0.05, 0) is 37.5 Å². The van der Waals surface area contributed by atoms with Crippen molar-refractivity contribution in [1.82, 2.24) is 0 Å². The van der Waals surface area contributed by atoms with Crippen molar-refractivity contribution in [2.24, 2.45) is 11.8 Å². The molecule has 0 spiro atoms. The van der Waals surface area contributed by atoms with Gasteiger partial charge in [-0.3, -0.25) is 9.59 Å². The molecule has 41 heavy (non-hydrogen) atoms. The summed E-state index contributed by atoms with van der Waals surface area (Å²) in [5.74, 6) is 1.29. The van der Waals surface area contributed by atoms with Crippen molar-refractivity contribution in [2.75, 3.05) is 13.2 Å². The van der Waals surface area contributed by atoms with Gasteiger partial charge in [0.2, 0.25) is 0 Å². The molecule has 1 unspecified atom stereocenters. The monoisotopic (exact) mass is 581 g/mol. The van der Waals surface area contributed by atoms with Crippen LogP contribution in [-0.2, 0) is 19.1 Å². The molecular weight excluding hydrogens is 508 g/mol. The molecule has 244 valence electrons. The third kappa shape index (κ3) is 30.2. The van der Waals surface area contributed by atoms with Gasteiger partial charge in [-0.15, -0.1) is 0 Å². The van der Waals surface area contributed by atoms with Crippen LogP contribution >= 0.6 is 0 Å². The topological polar surface area (TPSA) is 52.6 Å². The van der Waals surface area contributed by atoms with Crippen LogP contribution in [0.3, 0.4) is 0 Å². The molecule has 0 aliphatic carbocycles. The maximum Gasteiger partial charge on any atom is 0.305 e. The molecule has 4 heteroatoms. The first-order chi connectivity index (χ1) is 20.0. The van der Waals surface area contributed by atoms with E-state index in [2.05, 4.69) is 27.7 Å². The van der Waals surface area contributed by atoms with Crippen molar-refractivity contribution in [1.29, 1.82) is 0 Å². The first-order valence-corrected chi connectivity index (χ1v) is 18.3. The lowest BCUT2D eigenvalue weighted by Crippen LogP contribution is -2.13. The highest BCUT2D eigenvalue weighted by atomic mass is 16.5. The van der Waals surface area contributed by atoms with Crippen LogP contribution in [0.25, 0.3) is 0 Å². The summed E-state index contributed by atoms with van der Waals surface area (Å²) >= 11 is 0. The lowest BCUT2D eigenvalue weighted by atomic mass is 9.86. The van der Waals surface area contributed by atoms with E-state index >= 15 is 0 Å². The highest BCUT2D eigenvalue weighted by Crippen LogP contribution is 2.24. The van der Waals surface area contributed by atoms with E-state index in [0.717, 1.165) is 32.1 Å². The Hall–Kier alpha value is -1.06. The quantitative estimate of drug-likeness (QED) is 0.0586. The van der Waals surface area contributed by atoms with Crippen molar-refractivity contribution in [2.45, 2.75) is 201 Å². The van der Waals surface area contributed by atoms with Crippen LogP contribution in [0.5, 0.6) is 0 Å². The number of carbonyl (C=O) groups excluding carboxylic acids is 2. The minimum Gasteiger partial charge on any atom is -0.466 e. The van der Waals surface area contributed by atoms with Crippen LogP contribution in [-0.4, -0.2) is 25.2 Å². The normalized spacial score (nSPS) is 12.1. The predicted octanol–water partition coefficient (Wildman–Crippen LogP) is 11.9. The van der Waals surface area contributed by atoms with Gasteiger partial charge in [0, 0.05) is 12.8 Å². The van der Waals surface area contributed by atoms with Gasteiger partial charge in [-0.25, -0.2) is 0 Å². The number of rotatable bonds is 32. The van der Waals surface area contributed by atoms with Crippen LogP contribution in [0.4, 0.5) is 0 Å². The number of carbonyl (C=O) groups is 2. The smallest absolute Gasteiger partial charge is 0.305 e. The van der Waals surface area contributed by atoms with E-state index in [0.29, 0.717) is 37.9 Å². The van der Waals surface area contributed by atoms with Crippen molar-refractivity contribution < 1.29 is 19.1 Å². The minimum absolute atomic E-state index is 0.000839. The Morgan fingerprint density at radius 1 is 0.439 bits per heavy atom. The van der Waals surface area contributed by atoms with E-state index in [1.54, 1.807) is 0 Å². The lowest BCUT2D eigenvalue weighted by molar-refractivity contribution is -0.145. The van der Waals surface area contributed by atoms with Crippen LogP contribution in [0, 0.1) is 11.8 Å². The van der Waals surface area contributed by atoms with Crippen molar-refractivity contribution in [3.63, 3.8) is 0 Å². The summed E-state index contributed by atoms with van der Waals surface area (Å²) < 4.78 is 10.8. The fourth-order valence-electron chi connectivity index (χ4n) is 5.66. The number of ether oxygens (including phenoxy) is 2. The van der Waals surface area contributed by atoms with E-state index in [-0.39, 0.29) is 11.9 Å². The number of esters is 2. The molecule has 0 fully saturated rings. The molecule has 0 radical (unpaired) electrons. The molecule has 0 aromatic carbocycles. The summed E-state index contributed by atoms with van der Waals surface area (Å²) in [5.41, 5.74) is 0. The van der Waals surface area contributed by atoms with Gasteiger partial charge < -0.3 is 9.47 Å².